The Morgan fingerprint density at radius 3 is 1.50 bits per heavy atom. The molecule has 2 atom stereocenters. The zero-order valence-electron chi connectivity index (χ0n) is 5.99. The second-order valence-corrected chi connectivity index (χ2v) is 2.88. The summed E-state index contributed by atoms with van der Waals surface area (Å²) in [6.07, 6.45) is 1.31. The molecule has 2 unspecified atom stereocenters. The predicted octanol–water partition coefficient (Wildman–Crippen LogP) is -0.0766. The molecule has 0 aromatic carbocycles. The molecule has 5 heteroatoms. The Bertz CT molecular complexity index is 172. The van der Waals surface area contributed by atoms with Crippen molar-refractivity contribution in [2.24, 2.45) is 11.8 Å². The number of aliphatic carboxylic acids is 2. The molecule has 0 saturated heterocycles. The summed E-state index contributed by atoms with van der Waals surface area (Å²) in [5, 5.41) is 17.0. The van der Waals surface area contributed by atoms with Crippen LogP contribution in [0.5, 0.6) is 0 Å². The molecule has 1 rings (SSSR count). The zero-order chi connectivity index (χ0) is 8.43. The fourth-order valence-electron chi connectivity index (χ4n) is 1.43. The molecule has 2 N–H and O–H groups in total. The normalized spacial score (nSPS) is 27.7. The molecule has 1 fully saturated rings. The van der Waals surface area contributed by atoms with E-state index in [4.69, 9.17) is 10.2 Å². The van der Waals surface area contributed by atoms with Crippen molar-refractivity contribution >= 4 is 41.5 Å². The van der Waals surface area contributed by atoms with Crippen molar-refractivity contribution in [3.05, 3.63) is 0 Å². The van der Waals surface area contributed by atoms with Crippen LogP contribution in [0, 0.1) is 11.8 Å². The summed E-state index contributed by atoms with van der Waals surface area (Å²) in [4.78, 5) is 20.8. The first-order valence-electron chi connectivity index (χ1n) is 3.57. The van der Waals surface area contributed by atoms with E-state index in [1.807, 2.05) is 0 Å². The summed E-state index contributed by atoms with van der Waals surface area (Å²) in [5.41, 5.74) is 0. The molecule has 12 heavy (non-hydrogen) atoms. The fraction of sp³-hybridized carbons (Fsp3) is 0.714. The molecular formula is C7H11NaO4. The van der Waals surface area contributed by atoms with Crippen LogP contribution >= 0.6 is 0 Å². The topological polar surface area (TPSA) is 74.6 Å². The Labute approximate surface area is 92.2 Å². The van der Waals surface area contributed by atoms with Gasteiger partial charge in [0, 0.05) is 0 Å². The van der Waals surface area contributed by atoms with Gasteiger partial charge in [-0.2, -0.15) is 0 Å². The van der Waals surface area contributed by atoms with Crippen LogP contribution in [0.3, 0.4) is 0 Å². The number of hydrogen-bond acceptors (Lipinski definition) is 2. The van der Waals surface area contributed by atoms with Gasteiger partial charge >= 0.3 is 41.5 Å². The maximum absolute atomic E-state index is 10.4. The third-order valence-corrected chi connectivity index (χ3v) is 2.13. The minimum atomic E-state index is -0.867. The van der Waals surface area contributed by atoms with Crippen molar-refractivity contribution in [2.75, 3.05) is 0 Å². The molecule has 1 saturated carbocycles. The molecule has 0 heterocycles. The number of carboxylic acid groups (broad SMARTS) is 2. The van der Waals surface area contributed by atoms with Gasteiger partial charge in [0.2, 0.25) is 0 Å². The van der Waals surface area contributed by atoms with Crippen molar-refractivity contribution in [2.45, 2.75) is 19.3 Å². The van der Waals surface area contributed by atoms with Gasteiger partial charge < -0.3 is 10.2 Å². The molecule has 4 nitrogen and oxygen atoms in total. The van der Waals surface area contributed by atoms with E-state index < -0.39 is 23.8 Å². The van der Waals surface area contributed by atoms with Crippen molar-refractivity contribution < 1.29 is 19.8 Å². The van der Waals surface area contributed by atoms with Crippen molar-refractivity contribution in [1.29, 1.82) is 0 Å². The fourth-order valence-corrected chi connectivity index (χ4v) is 1.43. The first kappa shape index (κ1) is 11.9. The molecule has 1 aliphatic rings. The summed E-state index contributed by atoms with van der Waals surface area (Å²) >= 11 is 0. The van der Waals surface area contributed by atoms with Crippen LogP contribution in [0.2, 0.25) is 0 Å². The number of carboxylic acids is 2. The molecule has 0 aromatic heterocycles. The predicted molar refractivity (Wildman–Crippen MR) is 43.3 cm³/mol. The Hall–Kier alpha value is -0.0600. The molecule has 1 aliphatic carbocycles. The van der Waals surface area contributed by atoms with E-state index in [9.17, 15) is 9.59 Å². The van der Waals surface area contributed by atoms with E-state index in [2.05, 4.69) is 0 Å². The van der Waals surface area contributed by atoms with Gasteiger partial charge in [-0.3, -0.25) is 9.59 Å². The molecule has 0 amide bonds. The van der Waals surface area contributed by atoms with Crippen molar-refractivity contribution in [3.8, 4) is 0 Å². The first-order valence-corrected chi connectivity index (χ1v) is 3.57. The van der Waals surface area contributed by atoms with Gasteiger partial charge in [-0.25, -0.2) is 0 Å². The Balaban J connectivity index is 0.00000121. The quantitative estimate of drug-likeness (QED) is 0.586. The Morgan fingerprint density at radius 1 is 1.00 bits per heavy atom. The third kappa shape index (κ3) is 2.77. The summed E-state index contributed by atoms with van der Waals surface area (Å²) < 4.78 is 0. The standard InChI is InChI=1S/C7H10O4.Na.H/c8-6(9)4-1-2-5(3-4)7(10)11;;/h4-5H,1-3H2,(H,8,9)(H,10,11);;. The monoisotopic (exact) mass is 182 g/mol. The van der Waals surface area contributed by atoms with Gasteiger partial charge in [-0.05, 0) is 19.3 Å². The minimum absolute atomic E-state index is 0. The summed E-state index contributed by atoms with van der Waals surface area (Å²) in [7, 11) is 0. The molecule has 64 valence electrons. The van der Waals surface area contributed by atoms with E-state index in [0.29, 0.717) is 19.3 Å². The molecule has 0 radical (unpaired) electrons. The number of hydrogen-bond donors (Lipinski definition) is 2. The van der Waals surface area contributed by atoms with Gasteiger partial charge in [0.1, 0.15) is 0 Å². The molecule has 0 spiro atoms. The number of rotatable bonds is 2. The first-order chi connectivity index (χ1) is 5.11. The van der Waals surface area contributed by atoms with E-state index in [1.165, 1.54) is 0 Å². The van der Waals surface area contributed by atoms with Crippen molar-refractivity contribution in [1.82, 2.24) is 0 Å². The van der Waals surface area contributed by atoms with E-state index in [1.54, 1.807) is 0 Å². The second kappa shape index (κ2) is 4.84. The third-order valence-electron chi connectivity index (χ3n) is 2.13. The van der Waals surface area contributed by atoms with Gasteiger partial charge in [-0.1, -0.05) is 0 Å². The Kier molecular flexibility index (Phi) is 4.82. The summed E-state index contributed by atoms with van der Waals surface area (Å²) in [6.45, 7) is 0. The van der Waals surface area contributed by atoms with Crippen LogP contribution in [0.4, 0.5) is 0 Å². The van der Waals surface area contributed by atoms with Crippen LogP contribution in [0.15, 0.2) is 0 Å². The second-order valence-electron chi connectivity index (χ2n) is 2.88. The van der Waals surface area contributed by atoms with E-state index >= 15 is 0 Å². The van der Waals surface area contributed by atoms with Crippen LogP contribution in [-0.4, -0.2) is 51.7 Å². The van der Waals surface area contributed by atoms with Gasteiger partial charge in [0.05, 0.1) is 11.8 Å². The average Bonchev–Trinajstić information content (AvgIpc) is 2.33. The SMILES string of the molecule is O=C(O)C1CCC(C(=O)O)C1.[NaH]. The van der Waals surface area contributed by atoms with Crippen LogP contribution < -0.4 is 0 Å². The maximum atomic E-state index is 10.4. The van der Waals surface area contributed by atoms with Crippen LogP contribution in [0.25, 0.3) is 0 Å². The molecular weight excluding hydrogens is 171 g/mol. The molecule has 0 aromatic rings. The average molecular weight is 182 g/mol. The number of carbonyl (C=O) groups is 2. The van der Waals surface area contributed by atoms with Crippen molar-refractivity contribution in [3.63, 3.8) is 0 Å². The summed E-state index contributed by atoms with van der Waals surface area (Å²) in [5.74, 6) is -2.60. The van der Waals surface area contributed by atoms with Crippen LogP contribution in [-0.2, 0) is 9.59 Å². The zero-order valence-corrected chi connectivity index (χ0v) is 5.99. The van der Waals surface area contributed by atoms with Gasteiger partial charge in [-0.15, -0.1) is 0 Å². The van der Waals surface area contributed by atoms with Gasteiger partial charge in [0.15, 0.2) is 0 Å². The van der Waals surface area contributed by atoms with Gasteiger partial charge in [0.25, 0.3) is 0 Å². The van der Waals surface area contributed by atoms with E-state index in [0.717, 1.165) is 0 Å². The molecule has 0 aliphatic heterocycles. The Morgan fingerprint density at radius 2 is 1.33 bits per heavy atom. The molecule has 0 bridgehead atoms. The van der Waals surface area contributed by atoms with E-state index in [-0.39, 0.29) is 29.6 Å². The summed E-state index contributed by atoms with van der Waals surface area (Å²) in [6, 6.07) is 0. The van der Waals surface area contributed by atoms with Crippen LogP contribution in [0.1, 0.15) is 19.3 Å².